The van der Waals surface area contributed by atoms with Crippen molar-refractivity contribution in [2.24, 2.45) is 11.7 Å². The smallest absolute Gasteiger partial charge is 0.388 e. The van der Waals surface area contributed by atoms with Crippen LogP contribution in [0.1, 0.15) is 64.7 Å². The lowest BCUT2D eigenvalue weighted by molar-refractivity contribution is 0.0916. The summed E-state index contributed by atoms with van der Waals surface area (Å²) in [5, 5.41) is 8.81. The topological polar surface area (TPSA) is 132 Å². The van der Waals surface area contributed by atoms with Gasteiger partial charge in [0.1, 0.15) is 11.2 Å². The minimum atomic E-state index is -1.11. The predicted molar refractivity (Wildman–Crippen MR) is 158 cm³/mol. The van der Waals surface area contributed by atoms with Crippen LogP contribution in [0.15, 0.2) is 36.9 Å². The Hall–Kier alpha value is -3.50. The molecule has 1 aromatic carbocycles. The van der Waals surface area contributed by atoms with Gasteiger partial charge in [0, 0.05) is 23.2 Å². The molecule has 3 unspecified atom stereocenters. The molecule has 3 aromatic rings. The van der Waals surface area contributed by atoms with Crippen molar-refractivity contribution in [3.8, 4) is 11.3 Å². The van der Waals surface area contributed by atoms with Crippen LogP contribution in [0.2, 0.25) is 5.02 Å². The van der Waals surface area contributed by atoms with Crippen molar-refractivity contribution in [3.05, 3.63) is 47.8 Å². The summed E-state index contributed by atoms with van der Waals surface area (Å²) in [4.78, 5) is 28.0. The molecule has 3 heterocycles. The zero-order valence-corrected chi connectivity index (χ0v) is 24.2. The van der Waals surface area contributed by atoms with Crippen LogP contribution < -0.4 is 10.6 Å². The van der Waals surface area contributed by atoms with Gasteiger partial charge in [-0.1, -0.05) is 56.5 Å². The number of nitrogens with two attached hydrogens (primary N) is 1. The van der Waals surface area contributed by atoms with Crippen LogP contribution in [0.5, 0.6) is 0 Å². The molecule has 2 aromatic heterocycles. The quantitative estimate of drug-likeness (QED) is 0.162. The molecule has 0 spiro atoms. The van der Waals surface area contributed by atoms with Crippen LogP contribution in [0, 0.1) is 11.3 Å². The summed E-state index contributed by atoms with van der Waals surface area (Å²) in [5.41, 5.74) is 7.60. The number of hydrogen-bond donors (Lipinski definition) is 2. The number of allylic oxidation sites excluding steroid dienone is 1. The summed E-state index contributed by atoms with van der Waals surface area (Å²) >= 11 is 6.39. The van der Waals surface area contributed by atoms with Crippen molar-refractivity contribution >= 4 is 40.7 Å². The van der Waals surface area contributed by atoms with Gasteiger partial charge >= 0.3 is 6.09 Å². The highest BCUT2D eigenvalue weighted by atomic mass is 35.5. The van der Waals surface area contributed by atoms with Crippen molar-refractivity contribution in [3.63, 3.8) is 0 Å². The zero-order valence-electron chi connectivity index (χ0n) is 23.4. The SMILES string of the molecule is C=CCC(C)CCCC(C)n1c(N2CCOCC2CC)nc2nc(C(=N)OC(N)=O)nc(-c3cccc(Cl)c3)c21. The van der Waals surface area contributed by atoms with Crippen LogP contribution in [0.4, 0.5) is 10.7 Å². The molecule has 0 aliphatic carbocycles. The second-order valence-corrected chi connectivity index (χ2v) is 10.8. The number of benzene rings is 1. The first-order valence-corrected chi connectivity index (χ1v) is 14.2. The number of halogens is 1. The predicted octanol–water partition coefficient (Wildman–Crippen LogP) is 6.13. The molecule has 1 fully saturated rings. The van der Waals surface area contributed by atoms with E-state index in [1.54, 1.807) is 6.07 Å². The number of ether oxygens (including phenoxy) is 2. The molecule has 3 atom stereocenters. The number of primary amides is 1. The van der Waals surface area contributed by atoms with Gasteiger partial charge in [-0.25, -0.2) is 14.8 Å². The summed E-state index contributed by atoms with van der Waals surface area (Å²) in [5.74, 6) is 0.721. The fraction of sp³-hybridized carbons (Fsp3) is 0.483. The van der Waals surface area contributed by atoms with E-state index in [1.807, 2.05) is 24.3 Å². The number of nitrogens with zero attached hydrogens (tertiary/aromatic N) is 5. The molecule has 10 nitrogen and oxygen atoms in total. The molecule has 1 aliphatic heterocycles. The zero-order chi connectivity index (χ0) is 28.8. The number of anilines is 1. The van der Waals surface area contributed by atoms with Gasteiger partial charge in [0.2, 0.25) is 11.8 Å². The van der Waals surface area contributed by atoms with E-state index in [1.165, 1.54) is 0 Å². The van der Waals surface area contributed by atoms with Gasteiger partial charge in [-0.05, 0) is 44.2 Å². The number of amides is 1. The molecular weight excluding hydrogens is 530 g/mol. The van der Waals surface area contributed by atoms with Crippen LogP contribution in [0.3, 0.4) is 0 Å². The number of carbonyl (C=O) groups excluding carboxylic acids is 1. The molecular formula is C29H38ClN7O3. The summed E-state index contributed by atoms with van der Waals surface area (Å²) in [6.07, 6.45) is 5.82. The maximum atomic E-state index is 11.4. The first-order chi connectivity index (χ1) is 19.2. The average Bonchev–Trinajstić information content (AvgIpc) is 3.31. The third-order valence-corrected chi connectivity index (χ3v) is 7.55. The Kier molecular flexibility index (Phi) is 9.76. The molecule has 40 heavy (non-hydrogen) atoms. The summed E-state index contributed by atoms with van der Waals surface area (Å²) in [7, 11) is 0. The van der Waals surface area contributed by atoms with Crippen LogP contribution in [0.25, 0.3) is 22.4 Å². The third-order valence-electron chi connectivity index (χ3n) is 7.32. The third kappa shape index (κ3) is 6.62. The number of imidazole rings is 1. The van der Waals surface area contributed by atoms with Gasteiger partial charge in [-0.3, -0.25) is 5.41 Å². The average molecular weight is 568 g/mol. The Morgan fingerprint density at radius 1 is 1.32 bits per heavy atom. The normalized spacial score (nSPS) is 17.0. The summed E-state index contributed by atoms with van der Waals surface area (Å²) in [6, 6.07) is 7.58. The first kappa shape index (κ1) is 29.5. The van der Waals surface area contributed by atoms with Gasteiger partial charge in [-0.2, -0.15) is 4.98 Å². The summed E-state index contributed by atoms with van der Waals surface area (Å²) in [6.45, 7) is 12.4. The lowest BCUT2D eigenvalue weighted by Gasteiger charge is -2.37. The fourth-order valence-corrected chi connectivity index (χ4v) is 5.44. The number of carbonyl (C=O) groups is 1. The number of hydrogen-bond acceptors (Lipinski definition) is 8. The van der Waals surface area contributed by atoms with E-state index in [0.717, 1.165) is 49.1 Å². The Balaban J connectivity index is 1.91. The van der Waals surface area contributed by atoms with Crippen molar-refractivity contribution in [2.75, 3.05) is 24.7 Å². The molecule has 3 N–H and O–H groups in total. The minimum absolute atomic E-state index is 0.0741. The maximum Gasteiger partial charge on any atom is 0.411 e. The first-order valence-electron chi connectivity index (χ1n) is 13.8. The number of fused-ring (bicyclic) bond motifs is 1. The van der Waals surface area contributed by atoms with Gasteiger partial charge < -0.3 is 24.7 Å². The lowest BCUT2D eigenvalue weighted by Crippen LogP contribution is -2.46. The van der Waals surface area contributed by atoms with Crippen molar-refractivity contribution in [1.29, 1.82) is 5.41 Å². The van der Waals surface area contributed by atoms with E-state index in [4.69, 9.17) is 42.2 Å². The van der Waals surface area contributed by atoms with Crippen molar-refractivity contribution < 1.29 is 14.3 Å². The minimum Gasteiger partial charge on any atom is -0.388 e. The van der Waals surface area contributed by atoms with Crippen LogP contribution >= 0.6 is 11.6 Å². The molecule has 0 bridgehead atoms. The van der Waals surface area contributed by atoms with Gasteiger partial charge in [0.15, 0.2) is 5.65 Å². The highest BCUT2D eigenvalue weighted by Gasteiger charge is 2.31. The number of aromatic nitrogens is 4. The molecule has 1 saturated heterocycles. The van der Waals surface area contributed by atoms with E-state index in [2.05, 4.69) is 41.8 Å². The Morgan fingerprint density at radius 2 is 2.12 bits per heavy atom. The van der Waals surface area contributed by atoms with Crippen LogP contribution in [-0.2, 0) is 9.47 Å². The molecule has 214 valence electrons. The lowest BCUT2D eigenvalue weighted by atomic mass is 9.99. The van der Waals surface area contributed by atoms with E-state index < -0.39 is 12.0 Å². The van der Waals surface area contributed by atoms with Crippen LogP contribution in [-0.4, -0.2) is 57.3 Å². The second-order valence-electron chi connectivity index (χ2n) is 10.4. The second kappa shape index (κ2) is 13.2. The van der Waals surface area contributed by atoms with Gasteiger partial charge in [0.25, 0.3) is 5.90 Å². The van der Waals surface area contributed by atoms with E-state index in [0.29, 0.717) is 42.0 Å². The molecule has 11 heteroatoms. The van der Waals surface area contributed by atoms with Gasteiger partial charge in [-0.15, -0.1) is 6.58 Å². The number of nitrogens with one attached hydrogen (secondary N) is 1. The highest BCUT2D eigenvalue weighted by molar-refractivity contribution is 6.30. The maximum absolute atomic E-state index is 11.4. The van der Waals surface area contributed by atoms with Gasteiger partial charge in [0.05, 0.1) is 19.3 Å². The van der Waals surface area contributed by atoms with Crippen molar-refractivity contribution in [2.45, 2.75) is 65.0 Å². The standard InChI is InChI=1S/C29H38ClN7O3/c1-5-9-18(3)10-7-11-19(4)37-24-23(20-12-8-13-21(30)16-20)33-27(25(31)40-28(32)38)34-26(24)35-29(37)36-14-15-39-17-22(36)6-2/h5,8,12-13,16,18-19,22,31H,1,6-7,9-11,14-15,17H2,2-4H3,(H2,32,38). The van der Waals surface area contributed by atoms with E-state index in [-0.39, 0.29) is 17.9 Å². The Morgan fingerprint density at radius 3 is 2.83 bits per heavy atom. The molecule has 0 saturated carbocycles. The largest absolute Gasteiger partial charge is 0.411 e. The van der Waals surface area contributed by atoms with Crippen molar-refractivity contribution in [1.82, 2.24) is 19.5 Å². The van der Waals surface area contributed by atoms with E-state index in [9.17, 15) is 4.79 Å². The van der Waals surface area contributed by atoms with E-state index >= 15 is 0 Å². The Bertz CT molecular complexity index is 1380. The molecule has 4 rings (SSSR count). The summed E-state index contributed by atoms with van der Waals surface area (Å²) < 4.78 is 12.8. The number of rotatable bonds is 11. The fourth-order valence-electron chi connectivity index (χ4n) is 5.25. The Labute approximate surface area is 240 Å². The molecule has 1 amide bonds. The number of morpholine rings is 1. The highest BCUT2D eigenvalue weighted by Crippen LogP contribution is 2.36. The molecule has 1 aliphatic rings. The monoisotopic (exact) mass is 567 g/mol. The molecule has 0 radical (unpaired) electrons.